The first-order valence-electron chi connectivity index (χ1n) is 10.8. The molecule has 2 aliphatic heterocycles. The van der Waals surface area contributed by atoms with Crippen LogP contribution in [0.1, 0.15) is 30.4 Å². The van der Waals surface area contributed by atoms with Crippen LogP contribution in [0.25, 0.3) is 22.6 Å². The summed E-state index contributed by atoms with van der Waals surface area (Å²) in [7, 11) is 0. The lowest BCUT2D eigenvalue weighted by Crippen LogP contribution is -2.37. The fourth-order valence-electron chi connectivity index (χ4n) is 4.70. The smallest absolute Gasteiger partial charge is 0.256 e. The Kier molecular flexibility index (Phi) is 5.15. The minimum Gasteiger partial charge on any atom is -0.390 e. The number of nitrogens with one attached hydrogen (secondary N) is 1. The standard InChI is InChI=1S/C25H27N3O2/c29-19(16-27-12-6-1-7-13-27)17-28-15-18(20-8-3-5-11-24(20)28)14-22-21-9-2-4-10-23(21)26-25(22)30/h2-5,8-11,14-15,19,29H,1,6-7,12-13,16-17H2,(H,26,30)/b22-14-. The van der Waals surface area contributed by atoms with Crippen LogP contribution in [0.2, 0.25) is 0 Å². The minimum atomic E-state index is -0.421. The lowest BCUT2D eigenvalue weighted by Gasteiger charge is -2.28. The molecule has 2 aliphatic rings. The van der Waals surface area contributed by atoms with E-state index in [0.29, 0.717) is 18.7 Å². The Labute approximate surface area is 176 Å². The van der Waals surface area contributed by atoms with Crippen LogP contribution in [-0.2, 0) is 11.3 Å². The highest BCUT2D eigenvalue weighted by atomic mass is 16.3. The maximum absolute atomic E-state index is 12.5. The summed E-state index contributed by atoms with van der Waals surface area (Å²) in [5, 5.41) is 14.8. The predicted molar refractivity (Wildman–Crippen MR) is 121 cm³/mol. The number of hydrogen-bond acceptors (Lipinski definition) is 3. The van der Waals surface area contributed by atoms with Crippen LogP contribution >= 0.6 is 0 Å². The molecule has 5 rings (SSSR count). The maximum Gasteiger partial charge on any atom is 0.256 e. The van der Waals surface area contributed by atoms with Crippen molar-refractivity contribution in [3.8, 4) is 0 Å². The van der Waals surface area contributed by atoms with Crippen LogP contribution in [0.15, 0.2) is 54.7 Å². The van der Waals surface area contributed by atoms with Crippen molar-refractivity contribution in [1.29, 1.82) is 0 Å². The molecule has 2 aromatic carbocycles. The zero-order valence-corrected chi connectivity index (χ0v) is 17.1. The summed E-state index contributed by atoms with van der Waals surface area (Å²) in [6, 6.07) is 16.0. The Hall–Kier alpha value is -2.89. The molecule has 0 radical (unpaired) electrons. The molecule has 1 aromatic heterocycles. The van der Waals surface area contributed by atoms with Crippen molar-refractivity contribution >= 4 is 34.1 Å². The zero-order valence-electron chi connectivity index (χ0n) is 17.1. The highest BCUT2D eigenvalue weighted by Gasteiger charge is 2.24. The Balaban J connectivity index is 1.45. The Morgan fingerprint density at radius 2 is 1.77 bits per heavy atom. The highest BCUT2D eigenvalue weighted by molar-refractivity contribution is 6.35. The van der Waals surface area contributed by atoms with Crippen molar-refractivity contribution in [2.75, 3.05) is 25.0 Å². The second-order valence-electron chi connectivity index (χ2n) is 8.33. The molecule has 3 heterocycles. The number of benzene rings is 2. The number of β-amino-alcohol motifs (C(OH)–C–C–N with tert-alkyl or cyclic N) is 1. The van der Waals surface area contributed by atoms with Gasteiger partial charge in [-0.15, -0.1) is 0 Å². The summed E-state index contributed by atoms with van der Waals surface area (Å²) < 4.78 is 2.12. The van der Waals surface area contributed by atoms with Crippen molar-refractivity contribution < 1.29 is 9.90 Å². The third-order valence-electron chi connectivity index (χ3n) is 6.15. The van der Waals surface area contributed by atoms with E-state index in [2.05, 4.69) is 33.1 Å². The van der Waals surface area contributed by atoms with Gasteiger partial charge in [-0.3, -0.25) is 4.79 Å². The number of anilines is 1. The monoisotopic (exact) mass is 401 g/mol. The zero-order chi connectivity index (χ0) is 20.5. The van der Waals surface area contributed by atoms with Crippen LogP contribution < -0.4 is 5.32 Å². The van der Waals surface area contributed by atoms with Gasteiger partial charge in [0.1, 0.15) is 0 Å². The molecular weight excluding hydrogens is 374 g/mol. The van der Waals surface area contributed by atoms with Crippen LogP contribution in [0.5, 0.6) is 0 Å². The van der Waals surface area contributed by atoms with Gasteiger partial charge < -0.3 is 19.9 Å². The molecule has 3 aromatic rings. The van der Waals surface area contributed by atoms with E-state index in [9.17, 15) is 9.90 Å². The molecular formula is C25H27N3O2. The van der Waals surface area contributed by atoms with E-state index < -0.39 is 6.10 Å². The second-order valence-corrected chi connectivity index (χ2v) is 8.33. The minimum absolute atomic E-state index is 0.0711. The molecule has 154 valence electrons. The van der Waals surface area contributed by atoms with Crippen molar-refractivity contribution in [2.24, 2.45) is 0 Å². The van der Waals surface area contributed by atoms with Gasteiger partial charge in [-0.05, 0) is 44.1 Å². The largest absolute Gasteiger partial charge is 0.390 e. The fraction of sp³-hybridized carbons (Fsp3) is 0.320. The van der Waals surface area contributed by atoms with E-state index >= 15 is 0 Å². The van der Waals surface area contributed by atoms with Crippen LogP contribution in [0.4, 0.5) is 5.69 Å². The van der Waals surface area contributed by atoms with E-state index in [1.807, 2.05) is 42.5 Å². The highest BCUT2D eigenvalue weighted by Crippen LogP contribution is 2.34. The molecule has 0 bridgehead atoms. The van der Waals surface area contributed by atoms with E-state index in [1.165, 1.54) is 19.3 Å². The van der Waals surface area contributed by atoms with Gasteiger partial charge in [-0.25, -0.2) is 0 Å². The molecule has 5 nitrogen and oxygen atoms in total. The molecule has 1 atom stereocenters. The molecule has 0 aliphatic carbocycles. The van der Waals surface area contributed by atoms with Gasteiger partial charge in [0.15, 0.2) is 0 Å². The van der Waals surface area contributed by atoms with E-state index in [-0.39, 0.29) is 5.91 Å². The Morgan fingerprint density at radius 3 is 2.63 bits per heavy atom. The van der Waals surface area contributed by atoms with Gasteiger partial charge in [0.2, 0.25) is 0 Å². The predicted octanol–water partition coefficient (Wildman–Crippen LogP) is 3.98. The first-order chi connectivity index (χ1) is 14.7. The van der Waals surface area contributed by atoms with Gasteiger partial charge in [-0.2, -0.15) is 0 Å². The number of carbonyl (C=O) groups excluding carboxylic acids is 1. The fourth-order valence-corrected chi connectivity index (χ4v) is 4.70. The third kappa shape index (κ3) is 3.66. The summed E-state index contributed by atoms with van der Waals surface area (Å²) in [4.78, 5) is 14.9. The topological polar surface area (TPSA) is 57.5 Å². The number of nitrogens with zero attached hydrogens (tertiary/aromatic N) is 2. The van der Waals surface area contributed by atoms with Crippen molar-refractivity contribution in [1.82, 2.24) is 9.47 Å². The number of aliphatic hydroxyl groups is 1. The van der Waals surface area contributed by atoms with Crippen molar-refractivity contribution in [2.45, 2.75) is 31.9 Å². The number of likely N-dealkylation sites (tertiary alicyclic amines) is 1. The molecule has 1 fully saturated rings. The third-order valence-corrected chi connectivity index (χ3v) is 6.15. The number of para-hydroxylation sites is 2. The number of piperidine rings is 1. The van der Waals surface area contributed by atoms with Gasteiger partial charge >= 0.3 is 0 Å². The number of rotatable bonds is 5. The molecule has 1 saturated heterocycles. The first kappa shape index (κ1) is 19.1. The number of amides is 1. The summed E-state index contributed by atoms with van der Waals surface area (Å²) in [5.74, 6) is -0.0711. The number of aromatic nitrogens is 1. The molecule has 5 heteroatoms. The lowest BCUT2D eigenvalue weighted by molar-refractivity contribution is -0.110. The average molecular weight is 402 g/mol. The SMILES string of the molecule is O=C1Nc2ccccc2/C1=C/c1cn(CC(O)CN2CCCCC2)c2ccccc12. The summed E-state index contributed by atoms with van der Waals surface area (Å²) >= 11 is 0. The molecule has 30 heavy (non-hydrogen) atoms. The van der Waals surface area contributed by atoms with Crippen molar-refractivity contribution in [3.63, 3.8) is 0 Å². The average Bonchev–Trinajstić information content (AvgIpc) is 3.26. The Morgan fingerprint density at radius 1 is 1.00 bits per heavy atom. The molecule has 1 unspecified atom stereocenters. The summed E-state index contributed by atoms with van der Waals surface area (Å²) in [5.41, 5.74) is 4.55. The van der Waals surface area contributed by atoms with Crippen molar-refractivity contribution in [3.05, 3.63) is 65.9 Å². The van der Waals surface area contributed by atoms with Gasteiger partial charge in [-0.1, -0.05) is 42.8 Å². The molecule has 0 spiro atoms. The first-order valence-corrected chi connectivity index (χ1v) is 10.8. The number of hydrogen-bond donors (Lipinski definition) is 2. The molecule has 2 N–H and O–H groups in total. The number of fused-ring (bicyclic) bond motifs is 2. The Bertz CT molecular complexity index is 1110. The van der Waals surface area contributed by atoms with E-state index in [4.69, 9.17) is 0 Å². The van der Waals surface area contributed by atoms with Crippen LogP contribution in [-0.4, -0.2) is 46.2 Å². The molecule has 1 amide bonds. The van der Waals surface area contributed by atoms with Gasteiger partial charge in [0, 0.05) is 52.6 Å². The van der Waals surface area contributed by atoms with Crippen LogP contribution in [0, 0.1) is 0 Å². The van der Waals surface area contributed by atoms with E-state index in [0.717, 1.165) is 40.8 Å². The summed E-state index contributed by atoms with van der Waals surface area (Å²) in [6.45, 7) is 3.41. The van der Waals surface area contributed by atoms with E-state index in [1.54, 1.807) is 0 Å². The maximum atomic E-state index is 12.5. The summed E-state index contributed by atoms with van der Waals surface area (Å²) in [6.07, 6.45) is 7.35. The second kappa shape index (κ2) is 8.09. The number of aliphatic hydroxyl groups excluding tert-OH is 1. The van der Waals surface area contributed by atoms with Gasteiger partial charge in [0.05, 0.1) is 6.10 Å². The number of carbonyl (C=O) groups is 1. The normalized spacial score (nSPS) is 19.2. The lowest BCUT2D eigenvalue weighted by atomic mass is 10.0. The van der Waals surface area contributed by atoms with Gasteiger partial charge in [0.25, 0.3) is 5.91 Å². The quantitative estimate of drug-likeness (QED) is 0.636. The molecule has 0 saturated carbocycles. The van der Waals surface area contributed by atoms with Crippen LogP contribution in [0.3, 0.4) is 0 Å².